The Morgan fingerprint density at radius 2 is 2.10 bits per heavy atom. The van der Waals surface area contributed by atoms with E-state index in [-0.39, 0.29) is 0 Å². The van der Waals surface area contributed by atoms with E-state index in [0.717, 1.165) is 28.5 Å². The summed E-state index contributed by atoms with van der Waals surface area (Å²) in [7, 11) is 0. The van der Waals surface area contributed by atoms with Crippen molar-refractivity contribution in [1.82, 2.24) is 19.6 Å². The van der Waals surface area contributed by atoms with Gasteiger partial charge in [0.05, 0.1) is 6.10 Å². The van der Waals surface area contributed by atoms with Gasteiger partial charge in [-0.05, 0) is 12.0 Å². The highest BCUT2D eigenvalue weighted by Crippen LogP contribution is 2.24. The summed E-state index contributed by atoms with van der Waals surface area (Å²) in [6, 6.07) is 11.6. The van der Waals surface area contributed by atoms with Crippen molar-refractivity contribution in [2.24, 2.45) is 0 Å². The second kappa shape index (κ2) is 6.24. The standard InChI is InChI=1S/C15H16N4OS/c1-2-12-8-14-18-16-10-19(14)15(17-12)21-9-13(20)11-6-4-3-5-7-11/h3-8,10,13,20H,2,9H2,1H3/t13-/m0/s1. The van der Waals surface area contributed by atoms with Crippen LogP contribution in [0.5, 0.6) is 0 Å². The first-order chi connectivity index (χ1) is 10.3. The summed E-state index contributed by atoms with van der Waals surface area (Å²) in [5, 5.41) is 19.0. The molecule has 0 unspecified atom stereocenters. The van der Waals surface area contributed by atoms with E-state index in [1.807, 2.05) is 40.8 Å². The maximum absolute atomic E-state index is 10.2. The topological polar surface area (TPSA) is 63.3 Å². The molecule has 3 rings (SSSR count). The first kappa shape index (κ1) is 14.0. The Morgan fingerprint density at radius 1 is 1.29 bits per heavy atom. The Labute approximate surface area is 127 Å². The zero-order valence-corrected chi connectivity index (χ0v) is 12.5. The van der Waals surface area contributed by atoms with Gasteiger partial charge < -0.3 is 5.11 Å². The van der Waals surface area contributed by atoms with Crippen molar-refractivity contribution < 1.29 is 5.11 Å². The predicted molar refractivity (Wildman–Crippen MR) is 82.3 cm³/mol. The van der Waals surface area contributed by atoms with Gasteiger partial charge >= 0.3 is 0 Å². The van der Waals surface area contributed by atoms with Crippen LogP contribution in [0.2, 0.25) is 0 Å². The van der Waals surface area contributed by atoms with E-state index in [9.17, 15) is 5.11 Å². The van der Waals surface area contributed by atoms with Crippen LogP contribution >= 0.6 is 11.8 Å². The SMILES string of the molecule is CCc1cc2nncn2c(SC[C@H](O)c2ccccc2)n1. The van der Waals surface area contributed by atoms with Crippen molar-refractivity contribution in [3.05, 3.63) is 54.0 Å². The van der Waals surface area contributed by atoms with Gasteiger partial charge in [-0.2, -0.15) is 0 Å². The molecule has 5 nitrogen and oxygen atoms in total. The number of benzene rings is 1. The molecule has 6 heteroatoms. The zero-order chi connectivity index (χ0) is 14.7. The van der Waals surface area contributed by atoms with Crippen molar-refractivity contribution in [3.8, 4) is 0 Å². The number of nitrogens with zero attached hydrogens (tertiary/aromatic N) is 4. The van der Waals surface area contributed by atoms with Gasteiger partial charge in [-0.15, -0.1) is 10.2 Å². The summed E-state index contributed by atoms with van der Waals surface area (Å²) in [6.07, 6.45) is 1.98. The second-order valence-corrected chi connectivity index (χ2v) is 5.67. The van der Waals surface area contributed by atoms with Crippen molar-refractivity contribution in [3.63, 3.8) is 0 Å². The number of fused-ring (bicyclic) bond motifs is 1. The molecule has 0 amide bonds. The molecule has 108 valence electrons. The van der Waals surface area contributed by atoms with Gasteiger partial charge in [0.25, 0.3) is 0 Å². The number of hydrogen-bond acceptors (Lipinski definition) is 5. The van der Waals surface area contributed by atoms with Crippen LogP contribution in [0.4, 0.5) is 0 Å². The van der Waals surface area contributed by atoms with Crippen LogP contribution < -0.4 is 0 Å². The first-order valence-electron chi connectivity index (χ1n) is 6.83. The Morgan fingerprint density at radius 3 is 2.86 bits per heavy atom. The van der Waals surface area contributed by atoms with E-state index in [1.54, 1.807) is 6.33 Å². The molecule has 1 atom stereocenters. The average molecular weight is 300 g/mol. The molecule has 0 aliphatic rings. The lowest BCUT2D eigenvalue weighted by Gasteiger charge is -2.11. The van der Waals surface area contributed by atoms with Crippen LogP contribution in [0.25, 0.3) is 5.65 Å². The van der Waals surface area contributed by atoms with Crippen LogP contribution in [0, 0.1) is 0 Å². The van der Waals surface area contributed by atoms with Crippen molar-refractivity contribution >= 4 is 17.4 Å². The fraction of sp³-hybridized carbons (Fsp3) is 0.267. The van der Waals surface area contributed by atoms with Crippen LogP contribution in [0.1, 0.15) is 24.3 Å². The van der Waals surface area contributed by atoms with Gasteiger partial charge in [0.15, 0.2) is 10.8 Å². The Hall–Kier alpha value is -1.92. The molecular formula is C15H16N4OS. The Balaban J connectivity index is 1.80. The first-order valence-corrected chi connectivity index (χ1v) is 7.82. The molecule has 2 aromatic heterocycles. The molecule has 0 spiro atoms. The molecule has 0 saturated heterocycles. The minimum absolute atomic E-state index is 0.519. The van der Waals surface area contributed by atoms with Crippen LogP contribution in [-0.2, 0) is 6.42 Å². The zero-order valence-electron chi connectivity index (χ0n) is 11.7. The minimum Gasteiger partial charge on any atom is -0.388 e. The summed E-state index contributed by atoms with van der Waals surface area (Å²) in [6.45, 7) is 2.06. The second-order valence-electron chi connectivity index (χ2n) is 4.68. The van der Waals surface area contributed by atoms with Gasteiger partial charge in [-0.25, -0.2) is 4.98 Å². The predicted octanol–water partition coefficient (Wildman–Crippen LogP) is 2.51. The van der Waals surface area contributed by atoms with Crippen LogP contribution in [-0.4, -0.2) is 30.4 Å². The lowest BCUT2D eigenvalue weighted by Crippen LogP contribution is -2.03. The summed E-state index contributed by atoms with van der Waals surface area (Å²) < 4.78 is 1.85. The van der Waals surface area contributed by atoms with E-state index < -0.39 is 6.10 Å². The van der Waals surface area contributed by atoms with E-state index in [0.29, 0.717) is 5.75 Å². The van der Waals surface area contributed by atoms with E-state index >= 15 is 0 Å². The smallest absolute Gasteiger partial charge is 0.175 e. The fourth-order valence-electron chi connectivity index (χ4n) is 2.06. The van der Waals surface area contributed by atoms with Gasteiger partial charge in [0.2, 0.25) is 0 Å². The maximum Gasteiger partial charge on any atom is 0.175 e. The largest absolute Gasteiger partial charge is 0.388 e. The van der Waals surface area contributed by atoms with Gasteiger partial charge in [0, 0.05) is 17.5 Å². The molecule has 1 aromatic carbocycles. The number of aliphatic hydroxyl groups excluding tert-OH is 1. The average Bonchev–Trinajstić information content (AvgIpc) is 3.01. The Bertz CT molecular complexity index is 729. The summed E-state index contributed by atoms with van der Waals surface area (Å²) in [5.74, 6) is 0.539. The molecule has 2 heterocycles. The molecule has 0 bridgehead atoms. The highest BCUT2D eigenvalue weighted by Gasteiger charge is 2.12. The molecule has 0 fully saturated rings. The Kier molecular flexibility index (Phi) is 4.17. The highest BCUT2D eigenvalue weighted by molar-refractivity contribution is 7.99. The quantitative estimate of drug-likeness (QED) is 0.579. The molecule has 21 heavy (non-hydrogen) atoms. The third-order valence-corrected chi connectivity index (χ3v) is 4.26. The molecule has 0 saturated carbocycles. The van der Waals surface area contributed by atoms with Crippen LogP contribution in [0.15, 0.2) is 47.9 Å². The van der Waals surface area contributed by atoms with Gasteiger partial charge in [-0.3, -0.25) is 4.40 Å². The molecule has 1 N–H and O–H groups in total. The number of rotatable bonds is 5. The third-order valence-electron chi connectivity index (χ3n) is 3.23. The molecule has 0 radical (unpaired) electrons. The third kappa shape index (κ3) is 3.06. The number of aliphatic hydroxyl groups is 1. The van der Waals surface area contributed by atoms with Crippen molar-refractivity contribution in [2.75, 3.05) is 5.75 Å². The summed E-state index contributed by atoms with van der Waals surface area (Å²) in [5.41, 5.74) is 2.68. The number of aromatic nitrogens is 4. The van der Waals surface area contributed by atoms with Crippen molar-refractivity contribution in [2.45, 2.75) is 24.6 Å². The lowest BCUT2D eigenvalue weighted by molar-refractivity contribution is 0.204. The number of thioether (sulfide) groups is 1. The molecule has 0 aliphatic heterocycles. The lowest BCUT2D eigenvalue weighted by atomic mass is 10.1. The minimum atomic E-state index is -0.519. The number of aryl methyl sites for hydroxylation is 1. The highest BCUT2D eigenvalue weighted by atomic mass is 32.2. The molecule has 3 aromatic rings. The molecular weight excluding hydrogens is 284 g/mol. The molecule has 0 aliphatic carbocycles. The summed E-state index contributed by atoms with van der Waals surface area (Å²) in [4.78, 5) is 4.59. The number of hydrogen-bond donors (Lipinski definition) is 1. The van der Waals surface area contributed by atoms with Crippen molar-refractivity contribution in [1.29, 1.82) is 0 Å². The van der Waals surface area contributed by atoms with E-state index in [4.69, 9.17) is 0 Å². The van der Waals surface area contributed by atoms with Gasteiger partial charge in [0.1, 0.15) is 6.33 Å². The van der Waals surface area contributed by atoms with E-state index in [1.165, 1.54) is 11.8 Å². The monoisotopic (exact) mass is 300 g/mol. The van der Waals surface area contributed by atoms with E-state index in [2.05, 4.69) is 22.1 Å². The summed E-state index contributed by atoms with van der Waals surface area (Å²) >= 11 is 1.51. The van der Waals surface area contributed by atoms with Gasteiger partial charge in [-0.1, -0.05) is 49.0 Å². The normalized spacial score (nSPS) is 12.7. The fourth-order valence-corrected chi connectivity index (χ4v) is 3.02. The van der Waals surface area contributed by atoms with Crippen LogP contribution in [0.3, 0.4) is 0 Å². The maximum atomic E-state index is 10.2.